The quantitative estimate of drug-likeness (QED) is 0.896. The fraction of sp³-hybridized carbons (Fsp3) is 0.467. The predicted octanol–water partition coefficient (Wildman–Crippen LogP) is 1.66. The molecule has 1 aromatic carbocycles. The van der Waals surface area contributed by atoms with Gasteiger partial charge < -0.3 is 14.8 Å². The van der Waals surface area contributed by atoms with Crippen molar-refractivity contribution in [3.8, 4) is 5.75 Å². The number of carbonyl (C=O) groups excluding carboxylic acids is 2. The first-order chi connectivity index (χ1) is 9.94. The molecular weight excluding hydrogens is 272 g/mol. The van der Waals surface area contributed by atoms with Crippen molar-refractivity contribution in [3.05, 3.63) is 29.8 Å². The molecule has 0 unspecified atom stereocenters. The summed E-state index contributed by atoms with van der Waals surface area (Å²) in [6, 6.07) is 6.87. The van der Waals surface area contributed by atoms with Crippen LogP contribution in [0.3, 0.4) is 0 Å². The Hall–Kier alpha value is -2.24. The first kappa shape index (κ1) is 15.2. The molecule has 1 heterocycles. The van der Waals surface area contributed by atoms with Gasteiger partial charge in [0, 0.05) is 12.1 Å². The van der Waals surface area contributed by atoms with Gasteiger partial charge in [-0.2, -0.15) is 0 Å². The third-order valence-electron chi connectivity index (χ3n) is 3.53. The molecule has 0 aromatic heterocycles. The lowest BCUT2D eigenvalue weighted by atomic mass is 10.0. The van der Waals surface area contributed by atoms with Crippen molar-refractivity contribution in [2.45, 2.75) is 19.4 Å². The van der Waals surface area contributed by atoms with Crippen molar-refractivity contribution in [2.24, 2.45) is 0 Å². The minimum absolute atomic E-state index is 0.182. The largest absolute Gasteiger partial charge is 0.497 e. The third kappa shape index (κ3) is 3.45. The van der Waals surface area contributed by atoms with Crippen molar-refractivity contribution >= 4 is 12.0 Å². The Kier molecular flexibility index (Phi) is 4.35. The molecule has 1 aliphatic heterocycles. The Labute approximate surface area is 124 Å². The molecule has 2 rings (SSSR count). The average Bonchev–Trinajstić information content (AvgIpc) is 2.92. The topological polar surface area (TPSA) is 67.9 Å². The van der Waals surface area contributed by atoms with E-state index in [2.05, 4.69) is 5.32 Å². The first-order valence-electron chi connectivity index (χ1n) is 6.81. The molecule has 1 aliphatic rings. The normalized spacial score (nSPS) is 14.8. The van der Waals surface area contributed by atoms with Crippen LogP contribution in [0.1, 0.15) is 24.2 Å². The van der Waals surface area contributed by atoms with Gasteiger partial charge in [-0.3, -0.25) is 9.69 Å². The van der Waals surface area contributed by atoms with E-state index in [4.69, 9.17) is 9.47 Å². The number of hydrogen-bond donors (Lipinski definition) is 1. The standard InChI is InChI=1S/C15H20N2O4/c1-15(2,17-8-9-21-14(17)19)10-16-13(18)11-4-6-12(20-3)7-5-11/h4-7H,8-10H2,1-3H3,(H,16,18). The number of ether oxygens (including phenoxy) is 2. The van der Waals surface area contributed by atoms with Gasteiger partial charge in [-0.05, 0) is 38.1 Å². The summed E-state index contributed by atoms with van der Waals surface area (Å²) < 4.78 is 9.98. The number of nitrogens with zero attached hydrogens (tertiary/aromatic N) is 1. The van der Waals surface area contributed by atoms with Gasteiger partial charge in [0.05, 0.1) is 19.2 Å². The van der Waals surface area contributed by atoms with E-state index in [0.717, 1.165) is 0 Å². The van der Waals surface area contributed by atoms with E-state index in [1.165, 1.54) is 0 Å². The zero-order valence-corrected chi connectivity index (χ0v) is 12.5. The van der Waals surface area contributed by atoms with Gasteiger partial charge >= 0.3 is 6.09 Å². The molecule has 0 aliphatic carbocycles. The van der Waals surface area contributed by atoms with Crippen LogP contribution in [0.15, 0.2) is 24.3 Å². The smallest absolute Gasteiger partial charge is 0.410 e. The van der Waals surface area contributed by atoms with E-state index in [-0.39, 0.29) is 12.0 Å². The van der Waals surface area contributed by atoms with Crippen LogP contribution in [0.5, 0.6) is 5.75 Å². The van der Waals surface area contributed by atoms with Gasteiger partial charge in [0.15, 0.2) is 0 Å². The van der Waals surface area contributed by atoms with Gasteiger partial charge in [-0.1, -0.05) is 0 Å². The molecule has 0 radical (unpaired) electrons. The third-order valence-corrected chi connectivity index (χ3v) is 3.53. The number of carbonyl (C=O) groups is 2. The molecule has 1 fully saturated rings. The number of methoxy groups -OCH3 is 1. The first-order valence-corrected chi connectivity index (χ1v) is 6.81. The Balaban J connectivity index is 1.94. The molecule has 0 bridgehead atoms. The van der Waals surface area contributed by atoms with Gasteiger partial charge in [-0.25, -0.2) is 4.79 Å². The number of nitrogens with one attached hydrogen (secondary N) is 1. The summed E-state index contributed by atoms with van der Waals surface area (Å²) >= 11 is 0. The van der Waals surface area contributed by atoms with Crippen LogP contribution < -0.4 is 10.1 Å². The fourth-order valence-corrected chi connectivity index (χ4v) is 2.18. The summed E-state index contributed by atoms with van der Waals surface area (Å²) in [6.07, 6.45) is -0.335. The van der Waals surface area contributed by atoms with Crippen molar-refractivity contribution in [2.75, 3.05) is 26.8 Å². The minimum atomic E-state index is -0.490. The van der Waals surface area contributed by atoms with Crippen LogP contribution in [-0.4, -0.2) is 49.2 Å². The van der Waals surface area contributed by atoms with E-state index < -0.39 is 5.54 Å². The summed E-state index contributed by atoms with van der Waals surface area (Å²) in [7, 11) is 1.58. The van der Waals surface area contributed by atoms with Crippen LogP contribution in [0.2, 0.25) is 0 Å². The zero-order valence-electron chi connectivity index (χ0n) is 12.5. The molecule has 21 heavy (non-hydrogen) atoms. The van der Waals surface area contributed by atoms with Crippen molar-refractivity contribution in [3.63, 3.8) is 0 Å². The second-order valence-corrected chi connectivity index (χ2v) is 5.49. The molecule has 6 heteroatoms. The highest BCUT2D eigenvalue weighted by atomic mass is 16.6. The highest BCUT2D eigenvalue weighted by Gasteiger charge is 2.35. The second kappa shape index (κ2) is 6.03. The SMILES string of the molecule is COc1ccc(C(=O)NCC(C)(C)N2CCOC2=O)cc1. The minimum Gasteiger partial charge on any atom is -0.497 e. The van der Waals surface area contributed by atoms with Crippen LogP contribution in [0, 0.1) is 0 Å². The Morgan fingerprint density at radius 3 is 2.57 bits per heavy atom. The molecule has 6 nitrogen and oxygen atoms in total. The summed E-state index contributed by atoms with van der Waals surface area (Å²) in [4.78, 5) is 25.3. The number of amides is 2. The number of cyclic esters (lactones) is 1. The summed E-state index contributed by atoms with van der Waals surface area (Å²) in [5, 5.41) is 2.84. The lowest BCUT2D eigenvalue weighted by molar-refractivity contribution is 0.0903. The Morgan fingerprint density at radius 1 is 1.38 bits per heavy atom. The number of hydrogen-bond acceptors (Lipinski definition) is 4. The van der Waals surface area contributed by atoms with Gasteiger partial charge in [-0.15, -0.1) is 0 Å². The van der Waals surface area contributed by atoms with E-state index in [1.54, 1.807) is 36.3 Å². The van der Waals surface area contributed by atoms with Gasteiger partial charge in [0.1, 0.15) is 12.4 Å². The molecule has 2 amide bonds. The average molecular weight is 292 g/mol. The van der Waals surface area contributed by atoms with E-state index >= 15 is 0 Å². The molecule has 1 aromatic rings. The van der Waals surface area contributed by atoms with Crippen LogP contribution in [0.4, 0.5) is 4.79 Å². The number of rotatable bonds is 5. The summed E-state index contributed by atoms with van der Waals surface area (Å²) in [6.45, 7) is 5.09. The lowest BCUT2D eigenvalue weighted by Crippen LogP contribution is -2.52. The highest BCUT2D eigenvalue weighted by molar-refractivity contribution is 5.94. The molecule has 0 atom stereocenters. The Bertz CT molecular complexity index is 525. The second-order valence-electron chi connectivity index (χ2n) is 5.49. The van der Waals surface area contributed by atoms with E-state index in [0.29, 0.717) is 31.0 Å². The van der Waals surface area contributed by atoms with Crippen LogP contribution in [-0.2, 0) is 4.74 Å². The van der Waals surface area contributed by atoms with Crippen molar-refractivity contribution in [1.29, 1.82) is 0 Å². The maximum Gasteiger partial charge on any atom is 0.410 e. The highest BCUT2D eigenvalue weighted by Crippen LogP contribution is 2.19. The van der Waals surface area contributed by atoms with Gasteiger partial charge in [0.2, 0.25) is 0 Å². The zero-order chi connectivity index (χ0) is 15.5. The summed E-state index contributed by atoms with van der Waals surface area (Å²) in [5.74, 6) is 0.519. The Morgan fingerprint density at radius 2 is 2.05 bits per heavy atom. The predicted molar refractivity (Wildman–Crippen MR) is 77.5 cm³/mol. The number of benzene rings is 1. The van der Waals surface area contributed by atoms with Crippen LogP contribution in [0.25, 0.3) is 0 Å². The maximum atomic E-state index is 12.1. The molecule has 1 N–H and O–H groups in total. The molecular formula is C15H20N2O4. The molecule has 114 valence electrons. The van der Waals surface area contributed by atoms with Crippen molar-refractivity contribution < 1.29 is 19.1 Å². The van der Waals surface area contributed by atoms with E-state index in [1.807, 2.05) is 13.8 Å². The molecule has 1 saturated heterocycles. The summed E-state index contributed by atoms with van der Waals surface area (Å²) in [5.41, 5.74) is 0.0611. The maximum absolute atomic E-state index is 12.1. The fourth-order valence-electron chi connectivity index (χ4n) is 2.18. The molecule has 0 saturated carbocycles. The van der Waals surface area contributed by atoms with Gasteiger partial charge in [0.25, 0.3) is 5.91 Å². The molecule has 0 spiro atoms. The van der Waals surface area contributed by atoms with Crippen molar-refractivity contribution in [1.82, 2.24) is 10.2 Å². The van der Waals surface area contributed by atoms with E-state index in [9.17, 15) is 9.59 Å². The van der Waals surface area contributed by atoms with Crippen LogP contribution >= 0.6 is 0 Å². The monoisotopic (exact) mass is 292 g/mol. The lowest BCUT2D eigenvalue weighted by Gasteiger charge is -2.33.